The fourth-order valence-corrected chi connectivity index (χ4v) is 6.09. The lowest BCUT2D eigenvalue weighted by molar-refractivity contribution is -0.128. The lowest BCUT2D eigenvalue weighted by Gasteiger charge is -2.34. The predicted molar refractivity (Wildman–Crippen MR) is 151 cm³/mol. The summed E-state index contributed by atoms with van der Waals surface area (Å²) >= 11 is 1.66. The first-order valence-corrected chi connectivity index (χ1v) is 14.0. The van der Waals surface area contributed by atoms with Gasteiger partial charge in [-0.2, -0.15) is 0 Å². The van der Waals surface area contributed by atoms with Gasteiger partial charge >= 0.3 is 0 Å². The van der Waals surface area contributed by atoms with Crippen LogP contribution in [0.2, 0.25) is 0 Å². The van der Waals surface area contributed by atoms with E-state index in [0.717, 1.165) is 44.7 Å². The second-order valence-corrected chi connectivity index (χ2v) is 10.6. The van der Waals surface area contributed by atoms with Gasteiger partial charge in [-0.15, -0.1) is 11.8 Å². The van der Waals surface area contributed by atoms with E-state index in [2.05, 4.69) is 41.3 Å². The van der Waals surface area contributed by atoms with E-state index in [9.17, 15) is 9.59 Å². The molecule has 1 atom stereocenters. The molecule has 5 nitrogen and oxygen atoms in total. The molecule has 2 saturated heterocycles. The van der Waals surface area contributed by atoms with Gasteiger partial charge < -0.3 is 9.80 Å². The minimum atomic E-state index is 0.00727. The van der Waals surface area contributed by atoms with E-state index in [0.29, 0.717) is 17.9 Å². The second kappa shape index (κ2) is 12.3. The van der Waals surface area contributed by atoms with Crippen molar-refractivity contribution in [3.05, 3.63) is 113 Å². The van der Waals surface area contributed by atoms with Crippen molar-refractivity contribution in [2.24, 2.45) is 0 Å². The van der Waals surface area contributed by atoms with Gasteiger partial charge in [0.15, 0.2) is 0 Å². The number of rotatable bonds is 8. The number of benzene rings is 3. The molecule has 0 bridgehead atoms. The Bertz CT molecular complexity index is 1210. The van der Waals surface area contributed by atoms with Gasteiger partial charge in [0.2, 0.25) is 5.91 Å². The summed E-state index contributed by atoms with van der Waals surface area (Å²) in [5, 5.41) is 0.00727. The molecule has 0 aliphatic carbocycles. The molecule has 6 heteroatoms. The topological polar surface area (TPSA) is 43.9 Å². The Morgan fingerprint density at radius 3 is 2.24 bits per heavy atom. The van der Waals surface area contributed by atoms with Crippen molar-refractivity contribution in [3.63, 3.8) is 0 Å². The summed E-state index contributed by atoms with van der Waals surface area (Å²) in [6.45, 7) is 4.82. The van der Waals surface area contributed by atoms with E-state index < -0.39 is 0 Å². The van der Waals surface area contributed by atoms with Crippen molar-refractivity contribution in [2.75, 3.05) is 45.0 Å². The summed E-state index contributed by atoms with van der Waals surface area (Å²) in [6.07, 6.45) is 5.19. The molecule has 0 N–H and O–H groups in total. The first kappa shape index (κ1) is 25.3. The Morgan fingerprint density at radius 2 is 1.54 bits per heavy atom. The standard InChI is InChI=1S/C31H33N3O2S/c35-29-24-37-31(34(29)19-17-26-10-5-2-6-11-26)28-15-13-27(14-16-28)30(36)33-22-20-32(21-23-33)18-7-12-25-8-3-1-4-9-25/h1-16,31H,17-24H2/b12-7+/t31-/m0/s1. The predicted octanol–water partition coefficient (Wildman–Crippen LogP) is 4.97. The Kier molecular flexibility index (Phi) is 8.39. The van der Waals surface area contributed by atoms with Crippen molar-refractivity contribution < 1.29 is 9.59 Å². The Labute approximate surface area is 223 Å². The van der Waals surface area contributed by atoms with Gasteiger partial charge in [0.1, 0.15) is 5.37 Å². The third-order valence-electron chi connectivity index (χ3n) is 7.03. The molecule has 37 heavy (non-hydrogen) atoms. The number of amides is 2. The average molecular weight is 512 g/mol. The highest BCUT2D eigenvalue weighted by Crippen LogP contribution is 2.38. The number of hydrogen-bond acceptors (Lipinski definition) is 4. The summed E-state index contributed by atoms with van der Waals surface area (Å²) < 4.78 is 0. The van der Waals surface area contributed by atoms with Crippen LogP contribution in [0.3, 0.4) is 0 Å². The molecule has 2 amide bonds. The van der Waals surface area contributed by atoms with Crippen molar-refractivity contribution in [3.8, 4) is 0 Å². The minimum Gasteiger partial charge on any atom is -0.336 e. The Morgan fingerprint density at radius 1 is 0.865 bits per heavy atom. The number of thioether (sulfide) groups is 1. The zero-order valence-corrected chi connectivity index (χ0v) is 21.9. The molecule has 0 spiro atoms. The Hall–Kier alpha value is -3.35. The lowest BCUT2D eigenvalue weighted by Crippen LogP contribution is -2.48. The van der Waals surface area contributed by atoms with Gasteiger partial charge in [-0.3, -0.25) is 14.5 Å². The molecule has 5 rings (SSSR count). The van der Waals surface area contributed by atoms with Crippen LogP contribution in [0, 0.1) is 0 Å². The number of nitrogens with zero attached hydrogens (tertiary/aromatic N) is 3. The van der Waals surface area contributed by atoms with Gasteiger partial charge in [-0.05, 0) is 35.2 Å². The van der Waals surface area contributed by atoms with Crippen molar-refractivity contribution in [2.45, 2.75) is 11.8 Å². The maximum atomic E-state index is 13.1. The van der Waals surface area contributed by atoms with Crippen LogP contribution in [-0.4, -0.2) is 71.5 Å². The van der Waals surface area contributed by atoms with Gasteiger partial charge in [-0.25, -0.2) is 0 Å². The molecule has 0 aromatic heterocycles. The largest absolute Gasteiger partial charge is 0.336 e. The summed E-state index contributed by atoms with van der Waals surface area (Å²) in [7, 11) is 0. The summed E-state index contributed by atoms with van der Waals surface area (Å²) in [6, 6.07) is 28.5. The SMILES string of the molecule is O=C(c1ccc([C@@H]2SCC(=O)N2CCc2ccccc2)cc1)N1CCN(C/C=C/c2ccccc2)CC1. The van der Waals surface area contributed by atoms with Crippen LogP contribution in [0.4, 0.5) is 0 Å². The maximum Gasteiger partial charge on any atom is 0.253 e. The first-order valence-electron chi connectivity index (χ1n) is 13.0. The normalized spacial score (nSPS) is 18.6. The van der Waals surface area contributed by atoms with E-state index in [-0.39, 0.29) is 17.2 Å². The van der Waals surface area contributed by atoms with Crippen molar-refractivity contribution in [1.82, 2.24) is 14.7 Å². The van der Waals surface area contributed by atoms with Crippen LogP contribution >= 0.6 is 11.8 Å². The molecule has 3 aromatic carbocycles. The molecule has 2 aliphatic heterocycles. The van der Waals surface area contributed by atoms with Gasteiger partial charge in [-0.1, -0.05) is 84.9 Å². The maximum absolute atomic E-state index is 13.1. The molecule has 0 radical (unpaired) electrons. The molecular formula is C31H33N3O2S. The summed E-state index contributed by atoms with van der Waals surface area (Å²) in [4.78, 5) is 32.0. The van der Waals surface area contributed by atoms with E-state index in [4.69, 9.17) is 0 Å². The van der Waals surface area contributed by atoms with Crippen LogP contribution in [0.15, 0.2) is 91.0 Å². The number of hydrogen-bond donors (Lipinski definition) is 0. The van der Waals surface area contributed by atoms with Crippen LogP contribution in [0.5, 0.6) is 0 Å². The molecular weight excluding hydrogens is 478 g/mol. The van der Waals surface area contributed by atoms with E-state index >= 15 is 0 Å². The smallest absolute Gasteiger partial charge is 0.253 e. The lowest BCUT2D eigenvalue weighted by atomic mass is 10.1. The molecule has 2 aliphatic rings. The first-order chi connectivity index (χ1) is 18.2. The third-order valence-corrected chi connectivity index (χ3v) is 8.28. The van der Waals surface area contributed by atoms with E-state index in [1.165, 1.54) is 11.1 Å². The van der Waals surface area contributed by atoms with E-state index in [1.807, 2.05) is 70.5 Å². The number of carbonyl (C=O) groups excluding carboxylic acids is 2. The van der Waals surface area contributed by atoms with Gasteiger partial charge in [0, 0.05) is 44.8 Å². The van der Waals surface area contributed by atoms with Gasteiger partial charge in [0.05, 0.1) is 5.75 Å². The highest BCUT2D eigenvalue weighted by molar-refractivity contribution is 8.00. The van der Waals surface area contributed by atoms with Gasteiger partial charge in [0.25, 0.3) is 5.91 Å². The number of carbonyl (C=O) groups is 2. The average Bonchev–Trinajstić information content (AvgIpc) is 3.33. The molecule has 2 fully saturated rings. The number of piperazine rings is 1. The fraction of sp³-hybridized carbons (Fsp3) is 0.290. The second-order valence-electron chi connectivity index (χ2n) is 9.51. The van der Waals surface area contributed by atoms with Crippen LogP contribution in [0.25, 0.3) is 6.08 Å². The molecule has 190 valence electrons. The zero-order valence-electron chi connectivity index (χ0n) is 21.0. The van der Waals surface area contributed by atoms with E-state index in [1.54, 1.807) is 11.8 Å². The quantitative estimate of drug-likeness (QED) is 0.428. The third kappa shape index (κ3) is 6.51. The minimum absolute atomic E-state index is 0.00727. The molecule has 2 heterocycles. The fourth-order valence-electron chi connectivity index (χ4n) is 4.87. The monoisotopic (exact) mass is 511 g/mol. The van der Waals surface area contributed by atoms with Crippen molar-refractivity contribution >= 4 is 29.7 Å². The molecule has 3 aromatic rings. The van der Waals surface area contributed by atoms with Crippen molar-refractivity contribution in [1.29, 1.82) is 0 Å². The molecule has 0 saturated carbocycles. The van der Waals surface area contributed by atoms with Crippen LogP contribution in [0.1, 0.15) is 32.4 Å². The highest BCUT2D eigenvalue weighted by Gasteiger charge is 2.32. The highest BCUT2D eigenvalue weighted by atomic mass is 32.2. The Balaban J connectivity index is 1.13. The molecule has 0 unspecified atom stereocenters. The van der Waals surface area contributed by atoms with Crippen LogP contribution < -0.4 is 0 Å². The zero-order chi connectivity index (χ0) is 25.5. The summed E-state index contributed by atoms with van der Waals surface area (Å²) in [5.74, 6) is 0.773. The summed E-state index contributed by atoms with van der Waals surface area (Å²) in [5.41, 5.74) is 4.24. The van der Waals surface area contributed by atoms with Crippen LogP contribution in [-0.2, 0) is 11.2 Å².